The molecule has 3 rings (SSSR count). The molecular weight excluding hydrogens is 328 g/mol. The Morgan fingerprint density at radius 3 is 2.50 bits per heavy atom. The van der Waals surface area contributed by atoms with E-state index in [-0.39, 0.29) is 10.8 Å². The van der Waals surface area contributed by atoms with Gasteiger partial charge in [-0.15, -0.1) is 0 Å². The zero-order valence-electron chi connectivity index (χ0n) is 14.3. The third-order valence-electron chi connectivity index (χ3n) is 4.92. The summed E-state index contributed by atoms with van der Waals surface area (Å²) < 4.78 is 28.7. The van der Waals surface area contributed by atoms with Gasteiger partial charge in [0.05, 0.1) is 0 Å². The Kier molecular flexibility index (Phi) is 4.98. The van der Waals surface area contributed by atoms with E-state index >= 15 is 0 Å². The molecule has 2 heterocycles. The molecule has 0 unspecified atom stereocenters. The normalized spacial score (nSPS) is 20.2. The zero-order chi connectivity index (χ0) is 17.3. The topological polar surface area (TPSA) is 83.4 Å². The van der Waals surface area contributed by atoms with Crippen molar-refractivity contribution in [2.24, 2.45) is 13.0 Å². The van der Waals surface area contributed by atoms with Crippen molar-refractivity contribution in [3.63, 3.8) is 0 Å². The number of carbonyl (C=O) groups is 1. The SMILES string of the molecule is CNC(=O)c1cc(S(=O)(=O)N2CCC(NCC3CC3)CC2)cn1C. The third kappa shape index (κ3) is 3.65. The molecule has 1 aromatic heterocycles. The standard InChI is InChI=1S/C16H26N4O3S/c1-17-16(21)15-9-14(11-19(15)2)24(22,23)20-7-5-13(6-8-20)18-10-12-3-4-12/h9,11-13,18H,3-8,10H2,1-2H3,(H,17,21). The number of hydrogen-bond acceptors (Lipinski definition) is 4. The van der Waals surface area contributed by atoms with Crippen molar-refractivity contribution in [3.8, 4) is 0 Å². The van der Waals surface area contributed by atoms with Crippen molar-refractivity contribution in [1.29, 1.82) is 0 Å². The quantitative estimate of drug-likeness (QED) is 0.781. The number of piperidine rings is 1. The van der Waals surface area contributed by atoms with Crippen LogP contribution in [-0.4, -0.2) is 55.9 Å². The number of nitrogens with one attached hydrogen (secondary N) is 2. The number of nitrogens with zero attached hydrogens (tertiary/aromatic N) is 2. The van der Waals surface area contributed by atoms with Gasteiger partial charge in [0.1, 0.15) is 10.6 Å². The first kappa shape index (κ1) is 17.4. The van der Waals surface area contributed by atoms with Crippen LogP contribution in [0.25, 0.3) is 0 Å². The molecule has 1 amide bonds. The van der Waals surface area contributed by atoms with Gasteiger partial charge in [-0.25, -0.2) is 8.42 Å². The van der Waals surface area contributed by atoms with Gasteiger partial charge in [0.15, 0.2) is 0 Å². The van der Waals surface area contributed by atoms with E-state index < -0.39 is 10.0 Å². The van der Waals surface area contributed by atoms with Crippen molar-refractivity contribution in [2.45, 2.75) is 36.6 Å². The van der Waals surface area contributed by atoms with Gasteiger partial charge in [0.2, 0.25) is 10.0 Å². The van der Waals surface area contributed by atoms with E-state index in [2.05, 4.69) is 10.6 Å². The summed E-state index contributed by atoms with van der Waals surface area (Å²) in [6.45, 7) is 2.11. The maximum Gasteiger partial charge on any atom is 0.267 e. The average Bonchev–Trinajstić information content (AvgIpc) is 3.32. The van der Waals surface area contributed by atoms with Crippen LogP contribution in [0.1, 0.15) is 36.2 Å². The lowest BCUT2D eigenvalue weighted by Gasteiger charge is -2.31. The van der Waals surface area contributed by atoms with Crippen LogP contribution in [0.3, 0.4) is 0 Å². The van der Waals surface area contributed by atoms with E-state index in [0.29, 0.717) is 24.8 Å². The van der Waals surface area contributed by atoms with Gasteiger partial charge in [-0.2, -0.15) is 4.31 Å². The lowest BCUT2D eigenvalue weighted by Crippen LogP contribution is -2.45. The maximum atomic E-state index is 12.8. The van der Waals surface area contributed by atoms with Crippen LogP contribution >= 0.6 is 0 Å². The van der Waals surface area contributed by atoms with Gasteiger partial charge in [0, 0.05) is 39.4 Å². The zero-order valence-corrected chi connectivity index (χ0v) is 15.1. The summed E-state index contributed by atoms with van der Waals surface area (Å²) in [6.07, 6.45) is 5.82. The third-order valence-corrected chi connectivity index (χ3v) is 6.79. The highest BCUT2D eigenvalue weighted by Gasteiger charge is 2.31. The highest BCUT2D eigenvalue weighted by molar-refractivity contribution is 7.89. The second-order valence-electron chi connectivity index (χ2n) is 6.78. The summed E-state index contributed by atoms with van der Waals surface area (Å²) in [4.78, 5) is 12.0. The molecule has 0 atom stereocenters. The van der Waals surface area contributed by atoms with Gasteiger partial charge in [-0.1, -0.05) is 0 Å². The fourth-order valence-corrected chi connectivity index (χ4v) is 4.68. The monoisotopic (exact) mass is 354 g/mol. The van der Waals surface area contributed by atoms with Crippen LogP contribution in [0.5, 0.6) is 0 Å². The summed E-state index contributed by atoms with van der Waals surface area (Å²) in [5.41, 5.74) is 0.345. The van der Waals surface area contributed by atoms with E-state index in [4.69, 9.17) is 0 Å². The molecule has 1 aliphatic carbocycles. The Morgan fingerprint density at radius 2 is 1.92 bits per heavy atom. The van der Waals surface area contributed by atoms with E-state index in [1.54, 1.807) is 11.6 Å². The first-order valence-electron chi connectivity index (χ1n) is 8.54. The molecule has 2 N–H and O–H groups in total. The molecule has 8 heteroatoms. The number of aryl methyl sites for hydroxylation is 1. The molecule has 2 aliphatic rings. The van der Waals surface area contributed by atoms with Gasteiger partial charge >= 0.3 is 0 Å². The van der Waals surface area contributed by atoms with Crippen LogP contribution in [-0.2, 0) is 17.1 Å². The van der Waals surface area contributed by atoms with Gasteiger partial charge in [-0.05, 0) is 44.2 Å². The molecule has 7 nitrogen and oxygen atoms in total. The summed E-state index contributed by atoms with van der Waals surface area (Å²) >= 11 is 0. The molecule has 0 radical (unpaired) electrons. The highest BCUT2D eigenvalue weighted by Crippen LogP contribution is 2.28. The molecular formula is C16H26N4O3S. The molecule has 0 aromatic carbocycles. The predicted molar refractivity (Wildman–Crippen MR) is 91.3 cm³/mol. The first-order chi connectivity index (χ1) is 11.4. The van der Waals surface area contributed by atoms with Crippen LogP contribution in [0.15, 0.2) is 17.2 Å². The average molecular weight is 354 g/mol. The Hall–Kier alpha value is -1.38. The number of rotatable bonds is 6. The van der Waals surface area contributed by atoms with Crippen LogP contribution < -0.4 is 10.6 Å². The maximum absolute atomic E-state index is 12.8. The smallest absolute Gasteiger partial charge is 0.267 e. The lowest BCUT2D eigenvalue weighted by molar-refractivity contribution is 0.0955. The largest absolute Gasteiger partial charge is 0.354 e. The number of amides is 1. The van der Waals surface area contributed by atoms with E-state index in [1.165, 1.54) is 36.5 Å². The lowest BCUT2D eigenvalue weighted by atomic mass is 10.1. The second kappa shape index (κ2) is 6.85. The van der Waals surface area contributed by atoms with Crippen LogP contribution in [0.2, 0.25) is 0 Å². The van der Waals surface area contributed by atoms with Crippen LogP contribution in [0, 0.1) is 5.92 Å². The second-order valence-corrected chi connectivity index (χ2v) is 8.72. The van der Waals surface area contributed by atoms with Crippen molar-refractivity contribution >= 4 is 15.9 Å². The Balaban J connectivity index is 1.64. The molecule has 1 aliphatic heterocycles. The minimum absolute atomic E-state index is 0.188. The molecule has 1 saturated heterocycles. The van der Waals surface area contributed by atoms with Gasteiger partial charge in [0.25, 0.3) is 5.91 Å². The van der Waals surface area contributed by atoms with Crippen molar-refractivity contribution in [2.75, 3.05) is 26.7 Å². The summed E-state index contributed by atoms with van der Waals surface area (Å²) in [5, 5.41) is 6.08. The first-order valence-corrected chi connectivity index (χ1v) is 9.98. The molecule has 0 spiro atoms. The summed E-state index contributed by atoms with van der Waals surface area (Å²) in [7, 11) is -0.334. The van der Waals surface area contributed by atoms with Crippen molar-refractivity contribution in [3.05, 3.63) is 18.0 Å². The summed E-state index contributed by atoms with van der Waals surface area (Å²) in [5.74, 6) is 0.543. The molecule has 2 fully saturated rings. The minimum atomic E-state index is -3.54. The molecule has 24 heavy (non-hydrogen) atoms. The van der Waals surface area contributed by atoms with Gasteiger partial charge < -0.3 is 15.2 Å². The predicted octanol–water partition coefficient (Wildman–Crippen LogP) is 0.537. The number of sulfonamides is 1. The minimum Gasteiger partial charge on any atom is -0.354 e. The number of aromatic nitrogens is 1. The molecule has 1 saturated carbocycles. The van der Waals surface area contributed by atoms with E-state index in [1.807, 2.05) is 0 Å². The van der Waals surface area contributed by atoms with Crippen molar-refractivity contribution < 1.29 is 13.2 Å². The Labute approximate surface area is 143 Å². The highest BCUT2D eigenvalue weighted by atomic mass is 32.2. The fourth-order valence-electron chi connectivity index (χ4n) is 3.13. The molecule has 0 bridgehead atoms. The Morgan fingerprint density at radius 1 is 1.25 bits per heavy atom. The van der Waals surface area contributed by atoms with E-state index in [9.17, 15) is 13.2 Å². The number of carbonyl (C=O) groups excluding carboxylic acids is 1. The molecule has 1 aromatic rings. The Bertz CT molecular complexity index is 701. The number of hydrogen-bond donors (Lipinski definition) is 2. The van der Waals surface area contributed by atoms with Crippen molar-refractivity contribution in [1.82, 2.24) is 19.5 Å². The summed E-state index contributed by atoms with van der Waals surface area (Å²) in [6, 6.07) is 1.86. The van der Waals surface area contributed by atoms with Crippen LogP contribution in [0.4, 0.5) is 0 Å². The molecule has 134 valence electrons. The van der Waals surface area contributed by atoms with E-state index in [0.717, 1.165) is 25.3 Å². The van der Waals surface area contributed by atoms with Gasteiger partial charge in [-0.3, -0.25) is 4.79 Å². The fraction of sp³-hybridized carbons (Fsp3) is 0.688.